The smallest absolute Gasteiger partial charge is 0.176 e. The minimum Gasteiger partial charge on any atom is -0.493 e. The quantitative estimate of drug-likeness (QED) is 0.756. The highest BCUT2D eigenvalue weighted by atomic mass is 16.5. The molecule has 2 bridgehead atoms. The zero-order valence-electron chi connectivity index (χ0n) is 9.42. The van der Waals surface area contributed by atoms with Gasteiger partial charge in [0.25, 0.3) is 0 Å². The first-order valence-electron chi connectivity index (χ1n) is 5.27. The number of benzene rings is 1. The van der Waals surface area contributed by atoms with E-state index in [1.165, 1.54) is 0 Å². The summed E-state index contributed by atoms with van der Waals surface area (Å²) in [6.45, 7) is 2.17. The molecular formula is C12H16O3. The van der Waals surface area contributed by atoms with Crippen molar-refractivity contribution in [2.75, 3.05) is 14.2 Å². The molecule has 2 heterocycles. The van der Waals surface area contributed by atoms with Crippen LogP contribution in [0.15, 0.2) is 10.5 Å². The lowest BCUT2D eigenvalue weighted by Gasteiger charge is -2.05. The van der Waals surface area contributed by atoms with Gasteiger partial charge in [-0.1, -0.05) is 13.3 Å². The number of aryl methyl sites for hydroxylation is 1. The van der Waals surface area contributed by atoms with Crippen molar-refractivity contribution in [3.63, 3.8) is 0 Å². The van der Waals surface area contributed by atoms with Crippen molar-refractivity contribution >= 4 is 11.2 Å². The largest absolute Gasteiger partial charge is 0.493 e. The first-order chi connectivity index (χ1) is 7.31. The third kappa shape index (κ3) is 1.52. The van der Waals surface area contributed by atoms with E-state index >= 15 is 0 Å². The molecule has 0 aliphatic rings. The second-order valence-corrected chi connectivity index (χ2v) is 3.62. The van der Waals surface area contributed by atoms with Crippen molar-refractivity contribution in [1.29, 1.82) is 0 Å². The van der Waals surface area contributed by atoms with Crippen LogP contribution in [0, 0.1) is 0 Å². The lowest BCUT2D eigenvalue weighted by Crippen LogP contribution is -1.92. The molecule has 2 rings (SSSR count). The highest BCUT2D eigenvalue weighted by molar-refractivity contribution is 5.82. The zero-order valence-corrected chi connectivity index (χ0v) is 9.42. The molecule has 2 aromatic rings. The molecule has 82 valence electrons. The molecular weight excluding hydrogens is 192 g/mol. The summed E-state index contributed by atoms with van der Waals surface area (Å²) in [6, 6.07) is 1.88. The van der Waals surface area contributed by atoms with Crippen molar-refractivity contribution in [1.82, 2.24) is 0 Å². The number of furan rings is 2. The molecule has 0 aromatic carbocycles. The summed E-state index contributed by atoms with van der Waals surface area (Å²) in [6.07, 6.45) is 3.29. The molecule has 0 saturated carbocycles. The van der Waals surface area contributed by atoms with Crippen LogP contribution in [-0.4, -0.2) is 14.2 Å². The molecule has 0 N–H and O–H groups in total. The van der Waals surface area contributed by atoms with Gasteiger partial charge in [-0.05, 0) is 12.8 Å². The molecule has 0 unspecified atom stereocenters. The Morgan fingerprint density at radius 2 is 2.07 bits per heavy atom. The molecule has 15 heavy (non-hydrogen) atoms. The number of hydrogen-bond acceptors (Lipinski definition) is 3. The standard InChI is InChI=1S/C12H16O3/c1-4-5-6-8-11(14-3)10-7-9(13-2)12(8)15-10/h7H,4-6H2,1-3H3. The van der Waals surface area contributed by atoms with Gasteiger partial charge in [-0.25, -0.2) is 0 Å². The van der Waals surface area contributed by atoms with Crippen LogP contribution in [0.25, 0.3) is 11.2 Å². The van der Waals surface area contributed by atoms with Crippen molar-refractivity contribution < 1.29 is 13.9 Å². The van der Waals surface area contributed by atoms with Crippen LogP contribution in [-0.2, 0) is 6.42 Å². The summed E-state index contributed by atoms with van der Waals surface area (Å²) in [5, 5.41) is 0. The van der Waals surface area contributed by atoms with Crippen LogP contribution in [0.3, 0.4) is 0 Å². The van der Waals surface area contributed by atoms with E-state index in [4.69, 9.17) is 13.9 Å². The van der Waals surface area contributed by atoms with Gasteiger partial charge in [0.15, 0.2) is 22.7 Å². The molecule has 0 fully saturated rings. The first-order valence-corrected chi connectivity index (χ1v) is 5.27. The van der Waals surface area contributed by atoms with E-state index in [0.29, 0.717) is 0 Å². The predicted molar refractivity (Wildman–Crippen MR) is 59.1 cm³/mol. The molecule has 0 atom stereocenters. The van der Waals surface area contributed by atoms with Gasteiger partial charge in [-0.3, -0.25) is 0 Å². The number of methoxy groups -OCH3 is 2. The topological polar surface area (TPSA) is 31.6 Å². The van der Waals surface area contributed by atoms with Crippen LogP contribution in [0.4, 0.5) is 0 Å². The Morgan fingerprint density at radius 3 is 2.67 bits per heavy atom. The van der Waals surface area contributed by atoms with Crippen LogP contribution >= 0.6 is 0 Å². The van der Waals surface area contributed by atoms with E-state index in [2.05, 4.69) is 6.92 Å². The maximum atomic E-state index is 5.61. The highest BCUT2D eigenvalue weighted by Gasteiger charge is 2.21. The number of fused-ring (bicyclic) bond motifs is 2. The molecule has 0 saturated heterocycles. The first kappa shape index (κ1) is 10.1. The number of ether oxygens (including phenoxy) is 2. The van der Waals surface area contributed by atoms with Crippen LogP contribution < -0.4 is 9.47 Å². The third-order valence-corrected chi connectivity index (χ3v) is 2.67. The highest BCUT2D eigenvalue weighted by Crippen LogP contribution is 2.42. The molecule has 0 radical (unpaired) electrons. The van der Waals surface area contributed by atoms with Gasteiger partial charge in [0.1, 0.15) is 0 Å². The van der Waals surface area contributed by atoms with Crippen molar-refractivity contribution in [2.45, 2.75) is 26.2 Å². The van der Waals surface area contributed by atoms with E-state index in [0.717, 1.165) is 47.5 Å². The third-order valence-electron chi connectivity index (χ3n) is 2.67. The SMILES string of the molecule is CCCCc1c(OC)c2cc(OC)c1o2. The van der Waals surface area contributed by atoms with E-state index in [1.807, 2.05) is 6.07 Å². The lowest BCUT2D eigenvalue weighted by atomic mass is 10.1. The fraction of sp³-hybridized carbons (Fsp3) is 0.500. The number of hydrogen-bond donors (Lipinski definition) is 0. The Balaban J connectivity index is 2.40. The van der Waals surface area contributed by atoms with Gasteiger partial charge in [-0.2, -0.15) is 0 Å². The Bertz CT molecular complexity index is 430. The van der Waals surface area contributed by atoms with Crippen molar-refractivity contribution in [3.05, 3.63) is 11.6 Å². The van der Waals surface area contributed by atoms with Crippen LogP contribution in [0.2, 0.25) is 0 Å². The summed E-state index contributed by atoms with van der Waals surface area (Å²) >= 11 is 0. The molecule has 3 nitrogen and oxygen atoms in total. The average molecular weight is 208 g/mol. The Hall–Kier alpha value is -1.38. The summed E-state index contributed by atoms with van der Waals surface area (Å²) in [5.74, 6) is 1.69. The minimum atomic E-state index is 0.787. The Morgan fingerprint density at radius 1 is 1.27 bits per heavy atom. The van der Waals surface area contributed by atoms with E-state index in [9.17, 15) is 0 Å². The van der Waals surface area contributed by atoms with Gasteiger partial charge < -0.3 is 13.9 Å². The second kappa shape index (κ2) is 4.01. The summed E-state index contributed by atoms with van der Waals surface area (Å²) in [5.41, 5.74) is 2.78. The molecule has 3 heteroatoms. The van der Waals surface area contributed by atoms with E-state index < -0.39 is 0 Å². The van der Waals surface area contributed by atoms with Crippen molar-refractivity contribution in [3.8, 4) is 11.5 Å². The Labute approximate surface area is 89.3 Å². The van der Waals surface area contributed by atoms with Gasteiger partial charge in [0, 0.05) is 11.6 Å². The summed E-state index contributed by atoms with van der Waals surface area (Å²) < 4.78 is 16.2. The average Bonchev–Trinajstić information content (AvgIpc) is 2.82. The predicted octanol–water partition coefficient (Wildman–Crippen LogP) is 3.23. The summed E-state index contributed by atoms with van der Waals surface area (Å²) in [4.78, 5) is 0. The number of rotatable bonds is 5. The van der Waals surface area contributed by atoms with Crippen molar-refractivity contribution in [2.24, 2.45) is 0 Å². The Kier molecular flexibility index (Phi) is 2.71. The van der Waals surface area contributed by atoms with Gasteiger partial charge in [-0.15, -0.1) is 0 Å². The molecule has 2 aromatic heterocycles. The van der Waals surface area contributed by atoms with E-state index in [-0.39, 0.29) is 0 Å². The van der Waals surface area contributed by atoms with Gasteiger partial charge in [0.05, 0.1) is 14.2 Å². The second-order valence-electron chi connectivity index (χ2n) is 3.62. The molecule has 0 spiro atoms. The maximum Gasteiger partial charge on any atom is 0.176 e. The van der Waals surface area contributed by atoms with Crippen LogP contribution in [0.1, 0.15) is 25.3 Å². The molecule has 0 aliphatic heterocycles. The van der Waals surface area contributed by atoms with Gasteiger partial charge >= 0.3 is 0 Å². The van der Waals surface area contributed by atoms with Crippen LogP contribution in [0.5, 0.6) is 11.5 Å². The maximum absolute atomic E-state index is 5.61. The normalized spacial score (nSPS) is 11.1. The molecule has 0 aliphatic carbocycles. The summed E-state index contributed by atoms with van der Waals surface area (Å²) in [7, 11) is 3.34. The zero-order chi connectivity index (χ0) is 10.8. The molecule has 0 amide bonds. The minimum absolute atomic E-state index is 0.787. The monoisotopic (exact) mass is 208 g/mol. The number of unbranched alkanes of at least 4 members (excludes halogenated alkanes) is 1. The van der Waals surface area contributed by atoms with E-state index in [1.54, 1.807) is 14.2 Å². The fourth-order valence-corrected chi connectivity index (χ4v) is 1.90. The van der Waals surface area contributed by atoms with Gasteiger partial charge in [0.2, 0.25) is 0 Å². The lowest BCUT2D eigenvalue weighted by molar-refractivity contribution is 0.408. The fourth-order valence-electron chi connectivity index (χ4n) is 1.90.